The Hall–Kier alpha value is -2.38. The van der Waals surface area contributed by atoms with Crippen molar-refractivity contribution in [1.82, 2.24) is 4.98 Å². The van der Waals surface area contributed by atoms with Gasteiger partial charge in [-0.15, -0.1) is 0 Å². The molecule has 2 rings (SSSR count). The summed E-state index contributed by atoms with van der Waals surface area (Å²) in [6.45, 7) is 1.16. The average Bonchev–Trinajstić information content (AvgIpc) is 2.48. The molecule has 126 valence electrons. The third kappa shape index (κ3) is 2.88. The molecule has 0 aliphatic heterocycles. The summed E-state index contributed by atoms with van der Waals surface area (Å²) >= 11 is 11.7. The first-order valence-electron chi connectivity index (χ1n) is 6.46. The number of benzene rings is 1. The molecule has 0 spiro atoms. The van der Waals surface area contributed by atoms with Gasteiger partial charge in [0.2, 0.25) is 0 Å². The van der Waals surface area contributed by atoms with E-state index < -0.39 is 28.3 Å². The number of aromatic nitrogens is 1. The van der Waals surface area contributed by atoms with E-state index >= 15 is 0 Å². The van der Waals surface area contributed by atoms with Crippen LogP contribution in [0.15, 0.2) is 12.1 Å². The van der Waals surface area contributed by atoms with E-state index in [1.807, 2.05) is 0 Å². The van der Waals surface area contributed by atoms with Crippen LogP contribution in [0.2, 0.25) is 10.0 Å². The topological polar surface area (TPSA) is 103 Å². The van der Waals surface area contributed by atoms with Gasteiger partial charge >= 0.3 is 5.97 Å². The Bertz CT molecular complexity index is 871. The average molecular weight is 373 g/mol. The molecule has 0 saturated carbocycles. The molecule has 2 aromatic rings. The number of nitrogen functional groups attached to an aromatic ring is 1. The van der Waals surface area contributed by atoms with Crippen molar-refractivity contribution in [1.29, 1.82) is 0 Å². The molecule has 6 nitrogen and oxygen atoms in total. The molecule has 24 heavy (non-hydrogen) atoms. The van der Waals surface area contributed by atoms with Crippen LogP contribution >= 0.6 is 23.2 Å². The number of ketones is 1. The Morgan fingerprint density at radius 2 is 1.96 bits per heavy atom. The lowest BCUT2D eigenvalue weighted by Crippen LogP contribution is -2.12. The molecule has 0 bridgehead atoms. The first-order chi connectivity index (χ1) is 11.2. The molecule has 0 saturated heterocycles. The van der Waals surface area contributed by atoms with Gasteiger partial charge in [-0.25, -0.2) is 14.2 Å². The molecule has 1 heterocycles. The first kappa shape index (κ1) is 18.0. The molecule has 1 aromatic heterocycles. The summed E-state index contributed by atoms with van der Waals surface area (Å²) in [5, 5.41) is 8.82. The van der Waals surface area contributed by atoms with E-state index in [9.17, 15) is 19.1 Å². The normalized spacial score (nSPS) is 10.5. The number of nitrogens with two attached hydrogens (primary N) is 1. The Morgan fingerprint density at radius 3 is 2.46 bits per heavy atom. The third-order valence-corrected chi connectivity index (χ3v) is 3.90. The molecule has 1 aromatic carbocycles. The zero-order valence-electron chi connectivity index (χ0n) is 12.5. The summed E-state index contributed by atoms with van der Waals surface area (Å²) < 4.78 is 19.5. The van der Waals surface area contributed by atoms with Crippen LogP contribution in [-0.4, -0.2) is 29.0 Å². The summed E-state index contributed by atoms with van der Waals surface area (Å²) in [4.78, 5) is 26.9. The van der Waals surface area contributed by atoms with E-state index in [1.165, 1.54) is 19.2 Å². The highest BCUT2D eigenvalue weighted by Crippen LogP contribution is 2.39. The fourth-order valence-corrected chi connectivity index (χ4v) is 2.75. The zero-order chi connectivity index (χ0) is 18.2. The van der Waals surface area contributed by atoms with Crippen molar-refractivity contribution >= 4 is 40.6 Å². The summed E-state index contributed by atoms with van der Waals surface area (Å²) in [6.07, 6.45) is 0. The van der Waals surface area contributed by atoms with Gasteiger partial charge in [0.15, 0.2) is 23.0 Å². The molecule has 0 aliphatic rings. The van der Waals surface area contributed by atoms with Gasteiger partial charge < -0.3 is 15.6 Å². The van der Waals surface area contributed by atoms with Gasteiger partial charge in [-0.3, -0.25) is 4.79 Å². The summed E-state index contributed by atoms with van der Waals surface area (Å²) in [7, 11) is 1.22. The van der Waals surface area contributed by atoms with Crippen LogP contribution in [0.3, 0.4) is 0 Å². The minimum Gasteiger partial charge on any atom is -0.492 e. The van der Waals surface area contributed by atoms with Gasteiger partial charge in [0.1, 0.15) is 0 Å². The van der Waals surface area contributed by atoms with Crippen LogP contribution in [0.1, 0.15) is 27.8 Å². The number of methoxy groups -OCH3 is 1. The van der Waals surface area contributed by atoms with Gasteiger partial charge in [-0.1, -0.05) is 23.2 Å². The Morgan fingerprint density at radius 1 is 1.33 bits per heavy atom. The number of carboxylic acid groups (broad SMARTS) is 1. The lowest BCUT2D eigenvalue weighted by Gasteiger charge is -2.14. The minimum absolute atomic E-state index is 0.0107. The zero-order valence-corrected chi connectivity index (χ0v) is 14.0. The van der Waals surface area contributed by atoms with Gasteiger partial charge in [0, 0.05) is 5.56 Å². The van der Waals surface area contributed by atoms with Crippen molar-refractivity contribution < 1.29 is 23.8 Å². The fraction of sp³-hybridized carbons (Fsp3) is 0.133. The smallest absolute Gasteiger partial charge is 0.356 e. The monoisotopic (exact) mass is 372 g/mol. The largest absolute Gasteiger partial charge is 0.492 e. The number of ether oxygens (including phenoxy) is 1. The third-order valence-electron chi connectivity index (χ3n) is 3.24. The number of rotatable bonds is 4. The van der Waals surface area contributed by atoms with Crippen LogP contribution < -0.4 is 10.5 Å². The summed E-state index contributed by atoms with van der Waals surface area (Å²) in [5.74, 6) is -3.21. The molecular weight excluding hydrogens is 362 g/mol. The summed E-state index contributed by atoms with van der Waals surface area (Å²) in [6, 6.07) is 2.59. The standard InChI is InChI=1S/C15H11Cl2FN2O4/c1-5(21)8-9(17)13(15(22)23)20-12(11(8)19)6-3-4-7(16)14(24-2)10(6)18/h3-4H,19H2,1-2H3,(H,22,23). The fourth-order valence-electron chi connectivity index (χ4n) is 2.17. The lowest BCUT2D eigenvalue weighted by atomic mass is 10.0. The van der Waals surface area contributed by atoms with Crippen LogP contribution in [0.5, 0.6) is 5.75 Å². The number of carboxylic acids is 1. The highest BCUT2D eigenvalue weighted by atomic mass is 35.5. The first-order valence-corrected chi connectivity index (χ1v) is 7.21. The molecule has 0 unspecified atom stereocenters. The Kier molecular flexibility index (Phi) is 4.96. The van der Waals surface area contributed by atoms with Crippen molar-refractivity contribution in [2.75, 3.05) is 12.8 Å². The van der Waals surface area contributed by atoms with Crippen molar-refractivity contribution in [3.63, 3.8) is 0 Å². The maximum atomic E-state index is 14.6. The van der Waals surface area contributed by atoms with Crippen molar-refractivity contribution in [3.05, 3.63) is 39.3 Å². The Labute approximate surface area is 146 Å². The molecule has 9 heteroatoms. The number of hydrogen-bond acceptors (Lipinski definition) is 5. The van der Waals surface area contributed by atoms with Gasteiger partial charge in [0.05, 0.1) is 34.1 Å². The van der Waals surface area contributed by atoms with E-state index in [0.717, 1.165) is 6.92 Å². The maximum absolute atomic E-state index is 14.6. The molecular formula is C15H11Cl2FN2O4. The number of anilines is 1. The molecule has 0 amide bonds. The number of Topliss-reactive ketones (excluding diaryl/α,β-unsaturated/α-hetero) is 1. The van der Waals surface area contributed by atoms with E-state index in [0.29, 0.717) is 0 Å². The molecule has 0 atom stereocenters. The second-order valence-electron chi connectivity index (χ2n) is 4.72. The summed E-state index contributed by atoms with van der Waals surface area (Å²) in [5.41, 5.74) is 4.38. The highest BCUT2D eigenvalue weighted by molar-refractivity contribution is 6.37. The molecule has 0 radical (unpaired) electrons. The van der Waals surface area contributed by atoms with E-state index in [-0.39, 0.29) is 33.3 Å². The lowest BCUT2D eigenvalue weighted by molar-refractivity contribution is 0.0691. The highest BCUT2D eigenvalue weighted by Gasteiger charge is 2.26. The van der Waals surface area contributed by atoms with E-state index in [2.05, 4.69) is 4.98 Å². The number of aromatic carboxylic acids is 1. The van der Waals surface area contributed by atoms with Crippen molar-refractivity contribution in [2.45, 2.75) is 6.92 Å². The maximum Gasteiger partial charge on any atom is 0.356 e. The second kappa shape index (κ2) is 6.62. The predicted molar refractivity (Wildman–Crippen MR) is 87.6 cm³/mol. The number of halogens is 3. The molecule has 0 aliphatic carbocycles. The quantitative estimate of drug-likeness (QED) is 0.793. The van der Waals surface area contributed by atoms with Crippen molar-refractivity contribution in [3.8, 4) is 17.0 Å². The minimum atomic E-state index is -1.48. The van der Waals surface area contributed by atoms with Gasteiger partial charge in [-0.2, -0.15) is 0 Å². The predicted octanol–water partition coefficient (Wildman–Crippen LogP) is 3.69. The van der Waals surface area contributed by atoms with Crippen molar-refractivity contribution in [2.24, 2.45) is 0 Å². The van der Waals surface area contributed by atoms with Crippen LogP contribution in [0.4, 0.5) is 10.1 Å². The molecule has 3 N–H and O–H groups in total. The number of pyridine rings is 1. The number of hydrogen-bond donors (Lipinski definition) is 2. The number of nitrogens with zero attached hydrogens (tertiary/aromatic N) is 1. The SMILES string of the molecule is COc1c(Cl)ccc(-c2nc(C(=O)O)c(Cl)c(C(C)=O)c2N)c1F. The Balaban J connectivity index is 2.90. The van der Waals surface area contributed by atoms with E-state index in [1.54, 1.807) is 0 Å². The van der Waals surface area contributed by atoms with Crippen LogP contribution in [0.25, 0.3) is 11.3 Å². The number of carbonyl (C=O) groups is 2. The van der Waals surface area contributed by atoms with Crippen LogP contribution in [0, 0.1) is 5.82 Å². The van der Waals surface area contributed by atoms with Gasteiger partial charge in [0.25, 0.3) is 0 Å². The second-order valence-corrected chi connectivity index (χ2v) is 5.50. The van der Waals surface area contributed by atoms with E-state index in [4.69, 9.17) is 33.7 Å². The molecule has 0 fully saturated rings. The van der Waals surface area contributed by atoms with Gasteiger partial charge in [-0.05, 0) is 19.1 Å². The number of carbonyl (C=O) groups excluding carboxylic acids is 1. The van der Waals surface area contributed by atoms with Crippen LogP contribution in [-0.2, 0) is 0 Å².